The van der Waals surface area contributed by atoms with Crippen molar-refractivity contribution in [1.29, 1.82) is 0 Å². The van der Waals surface area contributed by atoms with Gasteiger partial charge in [-0.05, 0) is 36.1 Å². The van der Waals surface area contributed by atoms with Crippen molar-refractivity contribution in [2.24, 2.45) is 0 Å². The molecule has 8 heteroatoms. The molecule has 0 saturated carbocycles. The van der Waals surface area contributed by atoms with Crippen LogP contribution in [0.1, 0.15) is 18.5 Å². The molecule has 0 fully saturated rings. The van der Waals surface area contributed by atoms with E-state index >= 15 is 0 Å². The minimum Gasteiger partial charge on any atom is -0.481 e. The van der Waals surface area contributed by atoms with E-state index in [-0.39, 0.29) is 18.5 Å². The lowest BCUT2D eigenvalue weighted by Gasteiger charge is -2.31. The van der Waals surface area contributed by atoms with Gasteiger partial charge in [-0.3, -0.25) is 4.79 Å². The van der Waals surface area contributed by atoms with Crippen LogP contribution >= 0.6 is 11.3 Å². The van der Waals surface area contributed by atoms with E-state index in [1.165, 1.54) is 0 Å². The first-order valence-electron chi connectivity index (χ1n) is 7.55. The molecule has 0 saturated heterocycles. The van der Waals surface area contributed by atoms with Gasteiger partial charge < -0.3 is 14.4 Å². The molecule has 2 aliphatic rings. The average molecular weight is 346 g/mol. The van der Waals surface area contributed by atoms with Crippen molar-refractivity contribution >= 4 is 30.9 Å². The Labute approximate surface area is 141 Å². The maximum absolute atomic E-state index is 14.3. The van der Waals surface area contributed by atoms with E-state index in [1.54, 1.807) is 22.2 Å². The number of carboxylic acid groups (broad SMARTS) is 1. The molecule has 122 valence electrons. The highest BCUT2D eigenvalue weighted by molar-refractivity contribution is 7.13. The number of aromatic nitrogens is 1. The Balaban J connectivity index is 1.71. The topological polar surface area (TPSA) is 45.5 Å². The Morgan fingerprint density at radius 3 is 2.88 bits per heavy atom. The minimum atomic E-state index is -1.02. The van der Waals surface area contributed by atoms with Gasteiger partial charge in [0.05, 0.1) is 11.7 Å². The van der Waals surface area contributed by atoms with E-state index in [9.17, 15) is 13.6 Å². The SMILES string of the molecule is O=C(O)CCC1C(F)=C(F)C2=Cc3ccc(-c4cccs4)n3BN21. The van der Waals surface area contributed by atoms with E-state index in [2.05, 4.69) is 0 Å². The van der Waals surface area contributed by atoms with Crippen molar-refractivity contribution in [1.82, 2.24) is 9.29 Å². The van der Waals surface area contributed by atoms with Crippen LogP contribution in [0.3, 0.4) is 0 Å². The van der Waals surface area contributed by atoms with Gasteiger partial charge in [-0.1, -0.05) is 6.07 Å². The first-order valence-corrected chi connectivity index (χ1v) is 8.43. The third-order valence-corrected chi connectivity index (χ3v) is 5.30. The van der Waals surface area contributed by atoms with Crippen LogP contribution in [0.25, 0.3) is 16.6 Å². The third kappa shape index (κ3) is 2.29. The monoisotopic (exact) mass is 346 g/mol. The lowest BCUT2D eigenvalue weighted by molar-refractivity contribution is -0.137. The second-order valence-electron chi connectivity index (χ2n) is 5.80. The number of aliphatic carboxylic acids is 1. The van der Waals surface area contributed by atoms with Crippen LogP contribution < -0.4 is 0 Å². The number of carbonyl (C=O) groups is 1. The number of hydrogen-bond donors (Lipinski definition) is 1. The highest BCUT2D eigenvalue weighted by Gasteiger charge is 2.40. The number of nitrogens with zero attached hydrogens (tertiary/aromatic N) is 2. The van der Waals surface area contributed by atoms with E-state index in [0.29, 0.717) is 7.55 Å². The van der Waals surface area contributed by atoms with Crippen LogP contribution in [-0.2, 0) is 4.79 Å². The quantitative estimate of drug-likeness (QED) is 0.864. The largest absolute Gasteiger partial charge is 0.481 e. The average Bonchev–Trinajstić information content (AvgIpc) is 3.25. The molecule has 0 bridgehead atoms. The maximum Gasteiger partial charge on any atom is 0.362 e. The Kier molecular flexibility index (Phi) is 3.56. The molecule has 2 aromatic heterocycles. The van der Waals surface area contributed by atoms with Crippen LogP contribution in [0.5, 0.6) is 0 Å². The molecular weight excluding hydrogens is 333 g/mol. The molecule has 2 aromatic rings. The van der Waals surface area contributed by atoms with Crippen LogP contribution in [0, 0.1) is 0 Å². The summed E-state index contributed by atoms with van der Waals surface area (Å²) < 4.78 is 30.5. The summed E-state index contributed by atoms with van der Waals surface area (Å²) in [5.41, 5.74) is 2.00. The summed E-state index contributed by atoms with van der Waals surface area (Å²) in [6.07, 6.45) is 1.46. The Hall–Kier alpha value is -2.35. The molecule has 0 radical (unpaired) electrons. The number of carboxylic acids is 1. The number of rotatable bonds is 4. The number of fused-ring (bicyclic) bond motifs is 2. The number of allylic oxidation sites excluding steroid dienone is 1. The third-order valence-electron chi connectivity index (χ3n) is 4.41. The molecule has 1 unspecified atom stereocenters. The summed E-state index contributed by atoms with van der Waals surface area (Å²) in [7, 11) is 0.298. The highest BCUT2D eigenvalue weighted by atomic mass is 32.1. The molecule has 1 N–H and O–H groups in total. The molecule has 4 nitrogen and oxygen atoms in total. The summed E-state index contributed by atoms with van der Waals surface area (Å²) in [6.45, 7) is 0. The normalized spacial score (nSPS) is 19.0. The van der Waals surface area contributed by atoms with Gasteiger partial charge in [0.15, 0.2) is 11.7 Å². The van der Waals surface area contributed by atoms with E-state index in [0.717, 1.165) is 16.3 Å². The van der Waals surface area contributed by atoms with Crippen LogP contribution in [0.2, 0.25) is 0 Å². The second kappa shape index (κ2) is 5.63. The second-order valence-corrected chi connectivity index (χ2v) is 6.75. The number of hydrogen-bond acceptors (Lipinski definition) is 3. The van der Waals surface area contributed by atoms with Crippen LogP contribution in [-0.4, -0.2) is 34.0 Å². The fraction of sp³-hybridized carbons (Fsp3) is 0.188. The van der Waals surface area contributed by atoms with Gasteiger partial charge in [-0.25, -0.2) is 8.78 Å². The maximum atomic E-state index is 14.3. The Bertz CT molecular complexity index is 873. The zero-order chi connectivity index (χ0) is 16.8. The summed E-state index contributed by atoms with van der Waals surface area (Å²) in [5, 5.41) is 10.8. The minimum absolute atomic E-state index is 0.0386. The molecule has 2 aliphatic heterocycles. The molecule has 24 heavy (non-hydrogen) atoms. The van der Waals surface area contributed by atoms with Gasteiger partial charge in [0.25, 0.3) is 0 Å². The molecule has 0 amide bonds. The van der Waals surface area contributed by atoms with E-state index in [1.807, 2.05) is 34.1 Å². The van der Waals surface area contributed by atoms with E-state index < -0.39 is 23.7 Å². The first kappa shape index (κ1) is 15.2. The van der Waals surface area contributed by atoms with Crippen molar-refractivity contribution in [2.45, 2.75) is 18.9 Å². The van der Waals surface area contributed by atoms with Crippen molar-refractivity contribution in [3.63, 3.8) is 0 Å². The number of thiophene rings is 1. The van der Waals surface area contributed by atoms with Gasteiger partial charge in [0.1, 0.15) is 0 Å². The van der Waals surface area contributed by atoms with Gasteiger partial charge in [-0.2, -0.15) is 0 Å². The van der Waals surface area contributed by atoms with Crippen molar-refractivity contribution in [3.8, 4) is 10.6 Å². The Morgan fingerprint density at radius 2 is 2.17 bits per heavy atom. The summed E-state index contributed by atoms with van der Waals surface area (Å²) in [6, 6.07) is 6.94. The summed E-state index contributed by atoms with van der Waals surface area (Å²) in [4.78, 5) is 13.5. The van der Waals surface area contributed by atoms with Crippen LogP contribution in [0.4, 0.5) is 8.78 Å². The lowest BCUT2D eigenvalue weighted by Crippen LogP contribution is -2.40. The zero-order valence-corrected chi connectivity index (χ0v) is 13.4. The van der Waals surface area contributed by atoms with Gasteiger partial charge >= 0.3 is 13.5 Å². The van der Waals surface area contributed by atoms with Gasteiger partial charge in [0.2, 0.25) is 0 Å². The first-order chi connectivity index (χ1) is 11.6. The lowest BCUT2D eigenvalue weighted by atomic mass is 9.97. The Morgan fingerprint density at radius 1 is 1.33 bits per heavy atom. The smallest absolute Gasteiger partial charge is 0.362 e. The van der Waals surface area contributed by atoms with Crippen molar-refractivity contribution < 1.29 is 18.7 Å². The predicted molar refractivity (Wildman–Crippen MR) is 90.0 cm³/mol. The predicted octanol–water partition coefficient (Wildman–Crippen LogP) is 3.39. The molecule has 0 spiro atoms. The molecule has 4 heterocycles. The fourth-order valence-corrected chi connectivity index (χ4v) is 4.02. The number of halogens is 2. The summed E-state index contributed by atoms with van der Waals surface area (Å²) >= 11 is 1.60. The molecule has 1 atom stereocenters. The molecule has 0 aliphatic carbocycles. The van der Waals surface area contributed by atoms with E-state index in [4.69, 9.17) is 5.11 Å². The highest BCUT2D eigenvalue weighted by Crippen LogP contribution is 2.41. The van der Waals surface area contributed by atoms with Crippen molar-refractivity contribution in [2.75, 3.05) is 0 Å². The standard InChI is InChI=1S/C16H13BF2N2O2S/c18-15-11(5-6-14(22)23)21-12(16(15)19)8-9-3-4-10(20(9)17-21)13-2-1-7-24-13/h1-4,7-8,11,17H,5-6H2,(H,22,23). The molecule has 0 aromatic carbocycles. The zero-order valence-electron chi connectivity index (χ0n) is 12.6. The van der Waals surface area contributed by atoms with Gasteiger partial charge in [-0.15, -0.1) is 11.3 Å². The van der Waals surface area contributed by atoms with Crippen molar-refractivity contribution in [3.05, 3.63) is 52.7 Å². The summed E-state index contributed by atoms with van der Waals surface area (Å²) in [5.74, 6) is -2.76. The molecular formula is C16H13BF2N2O2S. The molecule has 4 rings (SSSR count). The van der Waals surface area contributed by atoms with Crippen LogP contribution in [0.15, 0.2) is 47.0 Å². The van der Waals surface area contributed by atoms with Gasteiger partial charge in [0, 0.05) is 22.7 Å². The fourth-order valence-electron chi connectivity index (χ4n) is 3.26.